The van der Waals surface area contributed by atoms with Crippen molar-refractivity contribution in [3.05, 3.63) is 48.3 Å². The molecule has 49 heavy (non-hydrogen) atoms. The third-order valence-electron chi connectivity index (χ3n) is 8.47. The smallest absolute Gasteiger partial charge is 0.337 e. The molecule has 18 heteroatoms. The van der Waals surface area contributed by atoms with Crippen LogP contribution in [0.2, 0.25) is 0 Å². The highest BCUT2D eigenvalue weighted by Crippen LogP contribution is 2.37. The number of carbonyl (C=O) groups is 2. The summed E-state index contributed by atoms with van der Waals surface area (Å²) in [7, 11) is 1.13. The van der Waals surface area contributed by atoms with Gasteiger partial charge < -0.3 is 79.1 Å². The molecule has 274 valence electrons. The molecular formula is C31H42O18. The number of phenols is 1. The average molecular weight is 703 g/mol. The second-order valence-electron chi connectivity index (χ2n) is 11.6. The molecule has 18 nitrogen and oxygen atoms in total. The van der Waals surface area contributed by atoms with Crippen molar-refractivity contribution in [2.24, 2.45) is 11.8 Å². The molecule has 0 aliphatic carbocycles. The molecule has 3 aliphatic heterocycles. The van der Waals surface area contributed by atoms with Crippen LogP contribution in [0.3, 0.4) is 0 Å². The van der Waals surface area contributed by atoms with E-state index < -0.39 is 105 Å². The molecule has 1 aromatic rings. The van der Waals surface area contributed by atoms with Crippen LogP contribution in [-0.4, -0.2) is 153 Å². The van der Waals surface area contributed by atoms with Crippen molar-refractivity contribution in [2.75, 3.05) is 26.9 Å². The van der Waals surface area contributed by atoms with Crippen LogP contribution in [0.15, 0.2) is 42.7 Å². The molecule has 4 rings (SSSR count). The van der Waals surface area contributed by atoms with Crippen molar-refractivity contribution in [1.82, 2.24) is 0 Å². The first-order valence-electron chi connectivity index (χ1n) is 15.3. The molecule has 0 unspecified atom stereocenters. The molecule has 0 bridgehead atoms. The fraction of sp³-hybridized carbons (Fsp3) is 0.613. The molecule has 13 atom stereocenters. The number of phenolic OH excluding ortho intramolecular Hbond substituents is 1. The minimum atomic E-state index is -1.74. The van der Waals surface area contributed by atoms with Crippen LogP contribution in [0.5, 0.6) is 11.5 Å². The van der Waals surface area contributed by atoms with Crippen LogP contribution in [0.25, 0.3) is 0 Å². The van der Waals surface area contributed by atoms with Crippen molar-refractivity contribution in [3.8, 4) is 11.5 Å². The van der Waals surface area contributed by atoms with E-state index in [2.05, 4.69) is 6.58 Å². The predicted octanol–water partition coefficient (Wildman–Crippen LogP) is -3.31. The van der Waals surface area contributed by atoms with E-state index in [1.807, 2.05) is 0 Å². The Labute approximate surface area is 279 Å². The summed E-state index contributed by atoms with van der Waals surface area (Å²) >= 11 is 0. The van der Waals surface area contributed by atoms with Gasteiger partial charge in [-0.25, -0.2) is 4.79 Å². The lowest BCUT2D eigenvalue weighted by Crippen LogP contribution is -2.60. The van der Waals surface area contributed by atoms with E-state index >= 15 is 0 Å². The van der Waals surface area contributed by atoms with Gasteiger partial charge in [-0.2, -0.15) is 0 Å². The second-order valence-corrected chi connectivity index (χ2v) is 11.6. The number of hydrogen-bond acceptors (Lipinski definition) is 18. The highest BCUT2D eigenvalue weighted by Gasteiger charge is 2.48. The molecule has 9 N–H and O–H groups in total. The summed E-state index contributed by atoms with van der Waals surface area (Å²) in [5, 5.41) is 89.9. The Balaban J connectivity index is 1.36. The van der Waals surface area contributed by atoms with Crippen LogP contribution >= 0.6 is 0 Å². The van der Waals surface area contributed by atoms with Crippen molar-refractivity contribution >= 4 is 11.9 Å². The van der Waals surface area contributed by atoms with E-state index in [1.165, 1.54) is 24.3 Å². The van der Waals surface area contributed by atoms with E-state index in [1.54, 1.807) is 0 Å². The third kappa shape index (κ3) is 8.67. The zero-order valence-corrected chi connectivity index (χ0v) is 26.3. The third-order valence-corrected chi connectivity index (χ3v) is 8.47. The van der Waals surface area contributed by atoms with Crippen LogP contribution in [-0.2, 0) is 44.4 Å². The number of ether oxygens (including phenoxy) is 7. The highest BCUT2D eigenvalue weighted by molar-refractivity contribution is 5.90. The summed E-state index contributed by atoms with van der Waals surface area (Å²) in [5.74, 6) is -3.95. The lowest BCUT2D eigenvalue weighted by atomic mass is 9.81. The summed E-state index contributed by atoms with van der Waals surface area (Å²) in [5.41, 5.74) is 0.461. The highest BCUT2D eigenvalue weighted by atomic mass is 16.8. The maximum absolute atomic E-state index is 13.0. The van der Waals surface area contributed by atoms with Crippen molar-refractivity contribution < 1.29 is 88.7 Å². The minimum absolute atomic E-state index is 0.0436. The Morgan fingerprint density at radius 2 is 1.49 bits per heavy atom. The Bertz CT molecular complexity index is 1320. The van der Waals surface area contributed by atoms with Gasteiger partial charge in [0.25, 0.3) is 0 Å². The Morgan fingerprint density at radius 1 is 0.878 bits per heavy atom. The molecular weight excluding hydrogens is 660 g/mol. The quantitative estimate of drug-likeness (QED) is 0.0719. The molecule has 0 amide bonds. The lowest BCUT2D eigenvalue weighted by Gasteiger charge is -2.42. The predicted molar refractivity (Wildman–Crippen MR) is 159 cm³/mol. The molecule has 1 aromatic carbocycles. The summed E-state index contributed by atoms with van der Waals surface area (Å²) in [4.78, 5) is 25.5. The van der Waals surface area contributed by atoms with Gasteiger partial charge in [0.05, 0.1) is 45.2 Å². The van der Waals surface area contributed by atoms with E-state index in [9.17, 15) is 55.5 Å². The average Bonchev–Trinajstić information content (AvgIpc) is 3.09. The Kier molecular flexibility index (Phi) is 13.3. The van der Waals surface area contributed by atoms with E-state index in [0.717, 1.165) is 13.4 Å². The topological polar surface area (TPSA) is 281 Å². The number of esters is 2. The van der Waals surface area contributed by atoms with Gasteiger partial charge >= 0.3 is 11.9 Å². The van der Waals surface area contributed by atoms with Gasteiger partial charge in [0.15, 0.2) is 17.8 Å². The number of aliphatic hydroxyl groups excluding tert-OH is 8. The van der Waals surface area contributed by atoms with Gasteiger partial charge in [-0.05, 0) is 17.7 Å². The van der Waals surface area contributed by atoms with E-state index in [-0.39, 0.29) is 36.5 Å². The van der Waals surface area contributed by atoms with Crippen molar-refractivity contribution in [2.45, 2.75) is 80.5 Å². The van der Waals surface area contributed by atoms with Gasteiger partial charge in [0.2, 0.25) is 12.6 Å². The van der Waals surface area contributed by atoms with Crippen molar-refractivity contribution in [3.63, 3.8) is 0 Å². The van der Waals surface area contributed by atoms with Gasteiger partial charge in [-0.15, -0.1) is 6.58 Å². The zero-order valence-electron chi connectivity index (χ0n) is 26.3. The van der Waals surface area contributed by atoms with Gasteiger partial charge in [0.1, 0.15) is 48.8 Å². The van der Waals surface area contributed by atoms with E-state index in [4.69, 9.17) is 33.2 Å². The Hall–Kier alpha value is -3.40. The largest absolute Gasteiger partial charge is 0.504 e. The molecule has 0 aromatic heterocycles. The maximum atomic E-state index is 13.0. The van der Waals surface area contributed by atoms with Crippen LogP contribution in [0.4, 0.5) is 0 Å². The lowest BCUT2D eigenvalue weighted by molar-refractivity contribution is -0.339. The maximum Gasteiger partial charge on any atom is 0.337 e. The monoisotopic (exact) mass is 702 g/mol. The SMILES string of the molecule is C=C[C@H]1[C@H](O[C@@H]2O[C@H](CO)[C@@H](O)[C@H](O)[C@H]2O)OC=C(C(=O)OC)[C@H]1CC(=O)OCCc1ccc(O[C@@H]2O[C@H](CO)[C@@H](O)[C@H](O)[C@H]2O)c(O)c1. The van der Waals surface area contributed by atoms with Crippen LogP contribution in [0, 0.1) is 11.8 Å². The summed E-state index contributed by atoms with van der Waals surface area (Å²) in [6.07, 6.45) is -14.8. The first kappa shape index (κ1) is 38.4. The van der Waals surface area contributed by atoms with Gasteiger partial charge in [-0.3, -0.25) is 4.79 Å². The van der Waals surface area contributed by atoms with E-state index in [0.29, 0.717) is 5.56 Å². The van der Waals surface area contributed by atoms with Gasteiger partial charge in [-0.1, -0.05) is 12.1 Å². The zero-order chi connectivity index (χ0) is 36.0. The number of hydrogen-bond donors (Lipinski definition) is 9. The number of benzene rings is 1. The molecule has 2 saturated heterocycles. The number of methoxy groups -OCH3 is 1. The fourth-order valence-electron chi connectivity index (χ4n) is 5.62. The number of rotatable bonds is 13. The minimum Gasteiger partial charge on any atom is -0.504 e. The first-order valence-corrected chi connectivity index (χ1v) is 15.3. The Morgan fingerprint density at radius 3 is 2.06 bits per heavy atom. The normalized spacial score (nSPS) is 36.2. The molecule has 0 radical (unpaired) electrons. The van der Waals surface area contributed by atoms with Crippen LogP contribution < -0.4 is 4.74 Å². The van der Waals surface area contributed by atoms with Crippen LogP contribution in [0.1, 0.15) is 12.0 Å². The number of aromatic hydroxyl groups is 1. The molecule has 3 heterocycles. The molecule has 0 saturated carbocycles. The summed E-state index contributed by atoms with van der Waals surface area (Å²) < 4.78 is 37.6. The summed E-state index contributed by atoms with van der Waals surface area (Å²) in [6.45, 7) is 2.23. The first-order chi connectivity index (χ1) is 23.3. The van der Waals surface area contributed by atoms with Crippen molar-refractivity contribution in [1.29, 1.82) is 0 Å². The molecule has 2 fully saturated rings. The molecule has 0 spiro atoms. The number of carbonyl (C=O) groups excluding carboxylic acids is 2. The second kappa shape index (κ2) is 17.0. The summed E-state index contributed by atoms with van der Waals surface area (Å²) in [6, 6.07) is 4.17. The fourth-order valence-corrected chi connectivity index (χ4v) is 5.62. The number of aliphatic hydroxyl groups is 8. The standard InChI is InChI=1S/C31H42O18/c1-3-14-15(16(28(42)43-2)12-45-29(14)49-31-27(41)25(39)23(37)20(11-33)48-31)9-21(35)44-7-6-13-4-5-18(17(34)8-13)46-30-26(40)24(38)22(36)19(10-32)47-30/h3-5,8,12,14-15,19-20,22-27,29-34,36-41H,1,6-7,9-11H2,2H3/t14-,15+,19-,20-,22-,23-,24+,25+,26-,27-,29+,30-,31+/m1/s1. The molecule has 3 aliphatic rings. The van der Waals surface area contributed by atoms with Gasteiger partial charge in [0, 0.05) is 18.3 Å².